The van der Waals surface area contributed by atoms with Crippen LogP contribution in [0.5, 0.6) is 0 Å². The first-order chi connectivity index (χ1) is 9.16. The van der Waals surface area contributed by atoms with E-state index in [0.29, 0.717) is 11.0 Å². The summed E-state index contributed by atoms with van der Waals surface area (Å²) in [5.41, 5.74) is 0.835. The van der Waals surface area contributed by atoms with Gasteiger partial charge < -0.3 is 10.4 Å². The van der Waals surface area contributed by atoms with Crippen LogP contribution in [0, 0.1) is 0 Å². The molecule has 0 aliphatic carbocycles. The molecule has 6 nitrogen and oxygen atoms in total. The van der Waals surface area contributed by atoms with Crippen LogP contribution in [-0.2, 0) is 4.79 Å². The zero-order chi connectivity index (χ0) is 13.4. The molecular weight excluding hydrogens is 268 g/mol. The number of benzene rings is 1. The third-order valence-electron chi connectivity index (χ3n) is 2.86. The molecule has 0 saturated heterocycles. The summed E-state index contributed by atoms with van der Waals surface area (Å²) in [7, 11) is 0. The maximum atomic E-state index is 11.1. The van der Waals surface area contributed by atoms with Crippen LogP contribution >= 0.6 is 11.6 Å². The molecule has 19 heavy (non-hydrogen) atoms. The highest BCUT2D eigenvalue weighted by molar-refractivity contribution is 6.31. The monoisotopic (exact) mass is 276 g/mol. The van der Waals surface area contributed by atoms with Crippen molar-refractivity contribution in [3.05, 3.63) is 53.0 Å². The Labute approximate surface area is 113 Å². The summed E-state index contributed by atoms with van der Waals surface area (Å²) in [6.07, 6.45) is 2.93. The minimum atomic E-state index is -1.05. The predicted molar refractivity (Wildman–Crippen MR) is 69.0 cm³/mol. The number of fused-ring (bicyclic) bond motifs is 1. The van der Waals surface area contributed by atoms with Crippen LogP contribution in [0.1, 0.15) is 11.6 Å². The Morgan fingerprint density at radius 2 is 2.21 bits per heavy atom. The van der Waals surface area contributed by atoms with E-state index in [4.69, 9.17) is 16.7 Å². The molecule has 0 saturated carbocycles. The number of aromatic nitrogens is 3. The Morgan fingerprint density at radius 1 is 1.42 bits per heavy atom. The van der Waals surface area contributed by atoms with Crippen molar-refractivity contribution in [3.8, 4) is 0 Å². The van der Waals surface area contributed by atoms with E-state index in [1.165, 1.54) is 6.33 Å². The molecule has 2 heterocycles. The molecular formula is C12H9ClN4O2. The molecule has 1 aliphatic heterocycles. The smallest absolute Gasteiger partial charge is 0.352 e. The topological polar surface area (TPSA) is 80.0 Å². The van der Waals surface area contributed by atoms with Gasteiger partial charge in [-0.05, 0) is 17.7 Å². The van der Waals surface area contributed by atoms with Crippen LogP contribution in [0.3, 0.4) is 0 Å². The number of rotatable bonds is 2. The maximum absolute atomic E-state index is 11.1. The fourth-order valence-corrected chi connectivity index (χ4v) is 2.24. The highest BCUT2D eigenvalue weighted by Crippen LogP contribution is 2.32. The number of aliphatic carboxylic acids is 1. The Hall–Kier alpha value is -2.34. The van der Waals surface area contributed by atoms with E-state index in [-0.39, 0.29) is 5.70 Å². The highest BCUT2D eigenvalue weighted by Gasteiger charge is 2.26. The number of halogens is 1. The van der Waals surface area contributed by atoms with E-state index >= 15 is 0 Å². The van der Waals surface area contributed by atoms with Gasteiger partial charge in [-0.25, -0.2) is 9.48 Å². The summed E-state index contributed by atoms with van der Waals surface area (Å²) in [5, 5.41) is 16.5. The maximum Gasteiger partial charge on any atom is 0.352 e. The molecule has 7 heteroatoms. The van der Waals surface area contributed by atoms with E-state index < -0.39 is 12.0 Å². The second kappa shape index (κ2) is 4.40. The third-order valence-corrected chi connectivity index (χ3v) is 3.21. The summed E-state index contributed by atoms with van der Waals surface area (Å²) in [4.78, 5) is 15.1. The molecule has 0 spiro atoms. The molecule has 0 amide bonds. The number of carbonyl (C=O) groups is 1. The fourth-order valence-electron chi connectivity index (χ4n) is 1.99. The van der Waals surface area contributed by atoms with Crippen molar-refractivity contribution in [2.45, 2.75) is 6.04 Å². The van der Waals surface area contributed by atoms with Crippen LogP contribution < -0.4 is 5.32 Å². The summed E-state index contributed by atoms with van der Waals surface area (Å²) in [6, 6.07) is 6.85. The van der Waals surface area contributed by atoms with Crippen molar-refractivity contribution in [3.63, 3.8) is 0 Å². The van der Waals surface area contributed by atoms with Crippen molar-refractivity contribution >= 4 is 23.5 Å². The number of carboxylic acids is 1. The zero-order valence-electron chi connectivity index (χ0n) is 9.62. The van der Waals surface area contributed by atoms with Crippen LogP contribution in [-0.4, -0.2) is 25.8 Å². The van der Waals surface area contributed by atoms with Crippen molar-refractivity contribution < 1.29 is 9.90 Å². The predicted octanol–water partition coefficient (Wildman–Crippen LogP) is 1.91. The first kappa shape index (κ1) is 11.7. The number of nitrogens with one attached hydrogen (secondary N) is 1. The fraction of sp³-hybridized carbons (Fsp3) is 0.0833. The van der Waals surface area contributed by atoms with Crippen molar-refractivity contribution in [1.29, 1.82) is 0 Å². The van der Waals surface area contributed by atoms with E-state index in [9.17, 15) is 4.79 Å². The molecule has 2 N–H and O–H groups in total. The number of carboxylic acid groups (broad SMARTS) is 1. The Kier molecular flexibility index (Phi) is 2.72. The van der Waals surface area contributed by atoms with Gasteiger partial charge in [-0.1, -0.05) is 29.8 Å². The second-order valence-electron chi connectivity index (χ2n) is 4.01. The van der Waals surface area contributed by atoms with Crippen molar-refractivity contribution in [2.75, 3.05) is 5.32 Å². The Bertz CT molecular complexity index is 680. The standard InChI is InChI=1S/C12H9ClN4O2/c13-8-4-2-1-3-7(8)10-5-9(11(18)19)16-12-14-6-15-17(10)12/h1-6,10H,(H,18,19)(H,14,15,16). The van der Waals surface area contributed by atoms with Crippen molar-refractivity contribution in [2.24, 2.45) is 0 Å². The van der Waals surface area contributed by atoms with Gasteiger partial charge in [0, 0.05) is 5.02 Å². The quantitative estimate of drug-likeness (QED) is 0.876. The van der Waals surface area contributed by atoms with E-state index in [1.807, 2.05) is 18.2 Å². The molecule has 1 aromatic heterocycles. The zero-order valence-corrected chi connectivity index (χ0v) is 10.4. The van der Waals surface area contributed by atoms with Gasteiger partial charge >= 0.3 is 5.97 Å². The minimum absolute atomic E-state index is 0.0606. The molecule has 1 atom stereocenters. The van der Waals surface area contributed by atoms with Crippen LogP contribution in [0.15, 0.2) is 42.4 Å². The summed E-state index contributed by atoms with van der Waals surface area (Å²) < 4.78 is 1.59. The average molecular weight is 277 g/mol. The summed E-state index contributed by atoms with van der Waals surface area (Å²) in [5.74, 6) is -0.670. The third kappa shape index (κ3) is 1.96. The Morgan fingerprint density at radius 3 is 2.95 bits per heavy atom. The van der Waals surface area contributed by atoms with E-state index in [2.05, 4.69) is 15.4 Å². The number of allylic oxidation sites excluding steroid dienone is 1. The molecule has 0 radical (unpaired) electrons. The number of hydrogen-bond donors (Lipinski definition) is 2. The van der Waals surface area contributed by atoms with Gasteiger partial charge in [-0.3, -0.25) is 0 Å². The first-order valence-corrected chi connectivity index (χ1v) is 5.90. The summed E-state index contributed by atoms with van der Waals surface area (Å²) in [6.45, 7) is 0. The van der Waals surface area contributed by atoms with Gasteiger partial charge in [-0.2, -0.15) is 10.1 Å². The molecule has 1 aliphatic rings. The van der Waals surface area contributed by atoms with Gasteiger partial charge in [0.05, 0.1) is 0 Å². The number of hydrogen-bond acceptors (Lipinski definition) is 4. The lowest BCUT2D eigenvalue weighted by atomic mass is 10.0. The molecule has 0 fully saturated rings. The normalized spacial score (nSPS) is 17.3. The largest absolute Gasteiger partial charge is 0.477 e. The van der Waals surface area contributed by atoms with Gasteiger partial charge in [0.2, 0.25) is 5.95 Å². The van der Waals surface area contributed by atoms with Gasteiger partial charge in [0.25, 0.3) is 0 Å². The first-order valence-electron chi connectivity index (χ1n) is 5.53. The molecule has 1 aromatic carbocycles. The molecule has 1 unspecified atom stereocenters. The van der Waals surface area contributed by atoms with Gasteiger partial charge in [0.15, 0.2) is 0 Å². The van der Waals surface area contributed by atoms with E-state index in [1.54, 1.807) is 16.8 Å². The number of anilines is 1. The lowest BCUT2D eigenvalue weighted by Crippen LogP contribution is -2.24. The highest BCUT2D eigenvalue weighted by atomic mass is 35.5. The lowest BCUT2D eigenvalue weighted by Gasteiger charge is -2.23. The van der Waals surface area contributed by atoms with Crippen molar-refractivity contribution in [1.82, 2.24) is 14.8 Å². The Balaban J connectivity index is 2.15. The minimum Gasteiger partial charge on any atom is -0.477 e. The van der Waals surface area contributed by atoms with Gasteiger partial charge in [-0.15, -0.1) is 0 Å². The van der Waals surface area contributed by atoms with Crippen LogP contribution in [0.4, 0.5) is 5.95 Å². The molecule has 2 aromatic rings. The van der Waals surface area contributed by atoms with Crippen LogP contribution in [0.25, 0.3) is 0 Å². The second-order valence-corrected chi connectivity index (χ2v) is 4.41. The van der Waals surface area contributed by atoms with Crippen LogP contribution in [0.2, 0.25) is 5.02 Å². The molecule has 3 rings (SSSR count). The molecule has 0 bridgehead atoms. The van der Waals surface area contributed by atoms with E-state index in [0.717, 1.165) is 5.56 Å². The molecule has 96 valence electrons. The average Bonchev–Trinajstić information content (AvgIpc) is 2.86. The lowest BCUT2D eigenvalue weighted by molar-refractivity contribution is -0.132. The summed E-state index contributed by atoms with van der Waals surface area (Å²) >= 11 is 6.16. The van der Waals surface area contributed by atoms with Gasteiger partial charge in [0.1, 0.15) is 18.1 Å². The number of nitrogens with zero attached hydrogens (tertiary/aromatic N) is 3. The SMILES string of the molecule is O=C(O)C1=CC(c2ccccc2Cl)n2ncnc2N1.